The highest BCUT2D eigenvalue weighted by Gasteiger charge is 2.58. The van der Waals surface area contributed by atoms with Crippen LogP contribution in [0.2, 0.25) is 0 Å². The minimum Gasteiger partial charge on any atom is -0.464 e. The molecule has 0 fully saturated rings. The summed E-state index contributed by atoms with van der Waals surface area (Å²) in [5.41, 5.74) is 15.5. The van der Waals surface area contributed by atoms with E-state index in [1.54, 1.807) is 12.3 Å². The van der Waals surface area contributed by atoms with E-state index in [-0.39, 0.29) is 5.82 Å². The van der Waals surface area contributed by atoms with E-state index >= 15 is 0 Å². The number of hydrogen-bond acceptors (Lipinski definition) is 3. The molecule has 0 aliphatic rings. The molecular weight excluding hydrogens is 435 g/mol. The lowest BCUT2D eigenvalue weighted by Crippen LogP contribution is -2.74. The molecule has 3 nitrogen and oxygen atoms in total. The Labute approximate surface area is 205 Å². The second-order valence-electron chi connectivity index (χ2n) is 9.63. The monoisotopic (exact) mass is 464 g/mol. The summed E-state index contributed by atoms with van der Waals surface area (Å²) in [5.74, 6) is -0.359. The van der Waals surface area contributed by atoms with E-state index in [9.17, 15) is 4.39 Å². The Balaban J connectivity index is 1.90. The van der Waals surface area contributed by atoms with Gasteiger partial charge in [0.05, 0.1) is 17.3 Å². The lowest BCUT2D eigenvalue weighted by Gasteiger charge is -2.55. The van der Waals surface area contributed by atoms with Crippen molar-refractivity contribution in [3.05, 3.63) is 144 Å². The molecule has 0 radical (unpaired) electrons. The Morgan fingerprint density at radius 2 is 1.11 bits per heavy atom. The average Bonchev–Trinajstić information content (AvgIpc) is 3.34. The minimum atomic E-state index is -1.45. The van der Waals surface area contributed by atoms with E-state index < -0.39 is 16.5 Å². The third-order valence-corrected chi connectivity index (χ3v) is 7.46. The van der Waals surface area contributed by atoms with Gasteiger partial charge in [-0.15, -0.1) is 0 Å². The molecule has 1 aromatic heterocycles. The van der Waals surface area contributed by atoms with Gasteiger partial charge in [0.1, 0.15) is 11.4 Å². The predicted molar refractivity (Wildman–Crippen MR) is 140 cm³/mol. The number of rotatable bonds is 6. The predicted octanol–water partition coefficient (Wildman–Crippen LogP) is 6.50. The van der Waals surface area contributed by atoms with Crippen LogP contribution in [0.4, 0.5) is 4.39 Å². The van der Waals surface area contributed by atoms with Crippen LogP contribution in [0, 0.1) is 5.82 Å². The Morgan fingerprint density at radius 1 is 0.657 bits per heavy atom. The zero-order valence-electron chi connectivity index (χ0n) is 19.9. The van der Waals surface area contributed by atoms with Crippen LogP contribution in [0.15, 0.2) is 120 Å². The van der Waals surface area contributed by atoms with Crippen molar-refractivity contribution >= 4 is 11.0 Å². The van der Waals surface area contributed by atoms with Gasteiger partial charge in [0.15, 0.2) is 0 Å². The van der Waals surface area contributed by atoms with Crippen LogP contribution in [0.5, 0.6) is 0 Å². The van der Waals surface area contributed by atoms with E-state index in [0.717, 1.165) is 16.7 Å². The maximum absolute atomic E-state index is 14.8. The second-order valence-corrected chi connectivity index (χ2v) is 9.63. The third-order valence-electron chi connectivity index (χ3n) is 7.46. The third kappa shape index (κ3) is 3.41. The van der Waals surface area contributed by atoms with Gasteiger partial charge >= 0.3 is 0 Å². The SMILES string of the molecule is CC(C)(c1cc(F)cc2ccoc12)C(N)(N)C(c1ccccc1)(c1ccccc1)c1ccccc1. The van der Waals surface area contributed by atoms with Crippen molar-refractivity contribution in [2.24, 2.45) is 11.5 Å². The molecule has 0 bridgehead atoms. The van der Waals surface area contributed by atoms with Crippen molar-refractivity contribution in [2.45, 2.75) is 30.3 Å². The van der Waals surface area contributed by atoms with Crippen LogP contribution in [0.25, 0.3) is 11.0 Å². The van der Waals surface area contributed by atoms with Gasteiger partial charge in [0.2, 0.25) is 0 Å². The van der Waals surface area contributed by atoms with Crippen molar-refractivity contribution in [3.8, 4) is 0 Å². The summed E-state index contributed by atoms with van der Waals surface area (Å²) in [6, 6.07) is 34.9. The molecule has 0 spiro atoms. The smallest absolute Gasteiger partial charge is 0.137 e. The second kappa shape index (κ2) is 8.49. The lowest BCUT2D eigenvalue weighted by atomic mass is 9.53. The molecule has 1 heterocycles. The van der Waals surface area contributed by atoms with Gasteiger partial charge in [0, 0.05) is 16.4 Å². The molecule has 0 amide bonds. The summed E-state index contributed by atoms with van der Waals surface area (Å²) in [6.45, 7) is 3.93. The zero-order valence-corrected chi connectivity index (χ0v) is 19.9. The number of nitrogens with two attached hydrogens (primary N) is 2. The topological polar surface area (TPSA) is 65.2 Å². The maximum atomic E-state index is 14.8. The average molecular weight is 465 g/mol. The molecule has 4 N–H and O–H groups in total. The van der Waals surface area contributed by atoms with Gasteiger partial charge in [-0.1, -0.05) is 105 Å². The fourth-order valence-electron chi connectivity index (χ4n) is 5.48. The number of halogens is 1. The normalized spacial score (nSPS) is 12.7. The van der Waals surface area contributed by atoms with Crippen molar-refractivity contribution in [3.63, 3.8) is 0 Å². The first kappa shape index (κ1) is 23.0. The van der Waals surface area contributed by atoms with E-state index in [1.807, 2.05) is 68.4 Å². The van der Waals surface area contributed by atoms with Crippen LogP contribution >= 0.6 is 0 Å². The summed E-state index contributed by atoms with van der Waals surface area (Å²) in [6.07, 6.45) is 1.57. The lowest BCUT2D eigenvalue weighted by molar-refractivity contribution is 0.184. The fraction of sp³-hybridized carbons (Fsp3) is 0.161. The molecule has 176 valence electrons. The molecule has 0 unspecified atom stereocenters. The molecule has 0 aliphatic heterocycles. The van der Waals surface area contributed by atoms with Crippen molar-refractivity contribution in [1.29, 1.82) is 0 Å². The van der Waals surface area contributed by atoms with E-state index in [0.29, 0.717) is 16.5 Å². The van der Waals surface area contributed by atoms with Crippen LogP contribution in [-0.2, 0) is 10.8 Å². The quantitative estimate of drug-likeness (QED) is 0.223. The highest BCUT2D eigenvalue weighted by atomic mass is 19.1. The molecular formula is C31H29FN2O. The van der Waals surface area contributed by atoms with Crippen LogP contribution < -0.4 is 11.5 Å². The number of hydrogen-bond donors (Lipinski definition) is 2. The molecule has 35 heavy (non-hydrogen) atoms. The number of benzene rings is 4. The summed E-state index contributed by atoms with van der Waals surface area (Å²) >= 11 is 0. The molecule has 4 aromatic carbocycles. The van der Waals surface area contributed by atoms with E-state index in [2.05, 4.69) is 36.4 Å². The van der Waals surface area contributed by atoms with Crippen molar-refractivity contribution in [1.82, 2.24) is 0 Å². The molecule has 0 atom stereocenters. The Morgan fingerprint density at radius 3 is 1.57 bits per heavy atom. The van der Waals surface area contributed by atoms with Gasteiger partial charge in [-0.3, -0.25) is 0 Å². The first-order valence-electron chi connectivity index (χ1n) is 11.7. The molecule has 0 saturated heterocycles. The number of fused-ring (bicyclic) bond motifs is 1. The van der Waals surface area contributed by atoms with Crippen LogP contribution in [0.1, 0.15) is 36.1 Å². The van der Waals surface area contributed by atoms with Crippen LogP contribution in [0.3, 0.4) is 0 Å². The molecule has 5 aromatic rings. The van der Waals surface area contributed by atoms with Gasteiger partial charge in [0.25, 0.3) is 0 Å². The molecule has 5 rings (SSSR count). The summed E-state index contributed by atoms with van der Waals surface area (Å²) in [7, 11) is 0. The van der Waals surface area contributed by atoms with Gasteiger partial charge < -0.3 is 15.9 Å². The summed E-state index contributed by atoms with van der Waals surface area (Å²) in [4.78, 5) is 0. The highest BCUT2D eigenvalue weighted by Crippen LogP contribution is 2.52. The molecule has 4 heteroatoms. The van der Waals surface area contributed by atoms with Gasteiger partial charge in [-0.2, -0.15) is 0 Å². The minimum absolute atomic E-state index is 0.359. The van der Waals surface area contributed by atoms with E-state index in [4.69, 9.17) is 15.9 Å². The largest absolute Gasteiger partial charge is 0.464 e. The zero-order chi connectivity index (χ0) is 24.7. The summed E-state index contributed by atoms with van der Waals surface area (Å²) < 4.78 is 20.7. The fourth-order valence-corrected chi connectivity index (χ4v) is 5.48. The Bertz CT molecular complexity index is 1340. The molecule has 0 saturated carbocycles. The first-order chi connectivity index (χ1) is 16.8. The van der Waals surface area contributed by atoms with E-state index in [1.165, 1.54) is 12.1 Å². The highest BCUT2D eigenvalue weighted by molar-refractivity contribution is 5.82. The summed E-state index contributed by atoms with van der Waals surface area (Å²) in [5, 5.41) is 0.675. The standard InChI is InChI=1S/C31H29FN2O/c1-29(2,27-21-26(32)20-22-18-19-35-28(22)27)31(33,34)30(23-12-6-3-7-13-23,24-14-8-4-9-15-24)25-16-10-5-11-17-25/h3-21H,33-34H2,1-2H3. The first-order valence-corrected chi connectivity index (χ1v) is 11.7. The Kier molecular flexibility index (Phi) is 5.59. The Hall–Kier alpha value is -3.73. The van der Waals surface area contributed by atoms with Crippen molar-refractivity contribution < 1.29 is 8.81 Å². The maximum Gasteiger partial charge on any atom is 0.137 e. The van der Waals surface area contributed by atoms with Gasteiger partial charge in [-0.05, 0) is 34.9 Å². The van der Waals surface area contributed by atoms with Gasteiger partial charge in [-0.25, -0.2) is 4.39 Å². The number of furan rings is 1. The molecule has 0 aliphatic carbocycles. The van der Waals surface area contributed by atoms with Crippen LogP contribution in [-0.4, -0.2) is 5.66 Å². The van der Waals surface area contributed by atoms with Crippen molar-refractivity contribution in [2.75, 3.05) is 0 Å².